The van der Waals surface area contributed by atoms with Gasteiger partial charge in [-0.2, -0.15) is 0 Å². The Hall–Kier alpha value is -4.79. The van der Waals surface area contributed by atoms with Crippen molar-refractivity contribution in [3.8, 4) is 27.6 Å². The first-order valence-corrected chi connectivity index (χ1v) is 14.0. The zero-order chi connectivity index (χ0) is 28.3. The van der Waals surface area contributed by atoms with Crippen molar-refractivity contribution >= 4 is 34.1 Å². The van der Waals surface area contributed by atoms with Crippen LogP contribution in [0.4, 0.5) is 0 Å². The number of fused-ring (bicyclic) bond motifs is 1. The van der Waals surface area contributed by atoms with E-state index in [1.165, 1.54) is 7.11 Å². The topological polar surface area (TPSA) is 75.4 Å². The molecule has 0 spiro atoms. The smallest absolute Gasteiger partial charge is 0.337 e. The molecule has 0 unspecified atom stereocenters. The Morgan fingerprint density at radius 1 is 0.854 bits per heavy atom. The SMILES string of the molecule is COCCn1c(-n2c(-c3cccs3)cc(-c3ccccc3)c2C(=O)c2ccccc2)nc2cc(C(=O)OC)ccc21. The molecule has 0 saturated carbocycles. The lowest BCUT2D eigenvalue weighted by atomic mass is 10.00. The zero-order valence-electron chi connectivity index (χ0n) is 22.6. The molecular weight excluding hydrogens is 534 g/mol. The Kier molecular flexibility index (Phi) is 7.33. The van der Waals surface area contributed by atoms with E-state index in [0.717, 1.165) is 27.2 Å². The third-order valence-corrected chi connectivity index (χ3v) is 7.87. The number of carbonyl (C=O) groups excluding carboxylic acids is 2. The van der Waals surface area contributed by atoms with Crippen LogP contribution in [-0.2, 0) is 16.0 Å². The molecule has 0 radical (unpaired) electrons. The second kappa shape index (κ2) is 11.4. The normalized spacial score (nSPS) is 11.2. The van der Waals surface area contributed by atoms with E-state index in [9.17, 15) is 9.59 Å². The maximum atomic E-state index is 14.4. The molecule has 3 heterocycles. The van der Waals surface area contributed by atoms with Crippen LogP contribution in [0.5, 0.6) is 0 Å². The van der Waals surface area contributed by atoms with Crippen LogP contribution in [0.1, 0.15) is 26.4 Å². The molecule has 8 heteroatoms. The number of esters is 1. The second-order valence-electron chi connectivity index (χ2n) is 9.42. The van der Waals surface area contributed by atoms with E-state index in [-0.39, 0.29) is 5.78 Å². The Morgan fingerprint density at radius 3 is 2.29 bits per heavy atom. The first kappa shape index (κ1) is 26.4. The van der Waals surface area contributed by atoms with Crippen molar-refractivity contribution in [1.29, 1.82) is 0 Å². The summed E-state index contributed by atoms with van der Waals surface area (Å²) in [5.41, 5.74) is 5.50. The van der Waals surface area contributed by atoms with Crippen LogP contribution in [-0.4, -0.2) is 46.7 Å². The summed E-state index contributed by atoms with van der Waals surface area (Å²) in [7, 11) is 3.01. The van der Waals surface area contributed by atoms with Crippen LogP contribution < -0.4 is 0 Å². The molecule has 6 aromatic rings. The average Bonchev–Trinajstić information content (AvgIpc) is 3.77. The molecule has 0 amide bonds. The maximum Gasteiger partial charge on any atom is 0.337 e. The monoisotopic (exact) mass is 561 g/mol. The highest BCUT2D eigenvalue weighted by Gasteiger charge is 2.28. The van der Waals surface area contributed by atoms with Crippen molar-refractivity contribution in [1.82, 2.24) is 14.1 Å². The molecule has 3 aromatic carbocycles. The number of imidazole rings is 1. The summed E-state index contributed by atoms with van der Waals surface area (Å²) < 4.78 is 14.4. The van der Waals surface area contributed by atoms with E-state index in [4.69, 9.17) is 14.5 Å². The van der Waals surface area contributed by atoms with Gasteiger partial charge in [-0.05, 0) is 41.3 Å². The minimum Gasteiger partial charge on any atom is -0.465 e. The number of ketones is 1. The van der Waals surface area contributed by atoms with Crippen LogP contribution in [0.15, 0.2) is 102 Å². The number of hydrogen-bond acceptors (Lipinski definition) is 6. The van der Waals surface area contributed by atoms with Gasteiger partial charge in [-0.25, -0.2) is 9.78 Å². The van der Waals surface area contributed by atoms with Crippen LogP contribution in [0.3, 0.4) is 0 Å². The van der Waals surface area contributed by atoms with Crippen LogP contribution in [0.25, 0.3) is 38.7 Å². The number of nitrogens with zero attached hydrogens (tertiary/aromatic N) is 3. The summed E-state index contributed by atoms with van der Waals surface area (Å²) in [6, 6.07) is 30.6. The van der Waals surface area contributed by atoms with Gasteiger partial charge in [0, 0.05) is 24.8 Å². The number of methoxy groups -OCH3 is 2. The highest BCUT2D eigenvalue weighted by molar-refractivity contribution is 7.13. The lowest BCUT2D eigenvalue weighted by molar-refractivity contribution is 0.0600. The molecular formula is C33H27N3O4S. The second-order valence-corrected chi connectivity index (χ2v) is 10.4. The number of thiophene rings is 1. The third-order valence-electron chi connectivity index (χ3n) is 6.98. The van der Waals surface area contributed by atoms with Crippen molar-refractivity contribution in [3.63, 3.8) is 0 Å². The number of hydrogen-bond donors (Lipinski definition) is 0. The molecule has 6 rings (SSSR count). The average molecular weight is 562 g/mol. The van der Waals surface area contributed by atoms with Gasteiger partial charge in [-0.3, -0.25) is 9.36 Å². The summed E-state index contributed by atoms with van der Waals surface area (Å²) >= 11 is 1.59. The lowest BCUT2D eigenvalue weighted by Crippen LogP contribution is -2.16. The van der Waals surface area contributed by atoms with Gasteiger partial charge >= 0.3 is 5.97 Å². The van der Waals surface area contributed by atoms with Crippen molar-refractivity contribution in [3.05, 3.63) is 119 Å². The van der Waals surface area contributed by atoms with Crippen LogP contribution >= 0.6 is 11.3 Å². The summed E-state index contributed by atoms with van der Waals surface area (Å²) in [5, 5.41) is 2.02. The Balaban J connectivity index is 1.70. The van der Waals surface area contributed by atoms with E-state index in [1.54, 1.807) is 30.6 Å². The highest BCUT2D eigenvalue weighted by atomic mass is 32.1. The first-order valence-electron chi connectivity index (χ1n) is 13.1. The van der Waals surface area contributed by atoms with Gasteiger partial charge < -0.3 is 14.0 Å². The van der Waals surface area contributed by atoms with E-state index in [0.29, 0.717) is 41.4 Å². The van der Waals surface area contributed by atoms with E-state index >= 15 is 0 Å². The Labute approximate surface area is 241 Å². The number of benzene rings is 3. The maximum absolute atomic E-state index is 14.4. The van der Waals surface area contributed by atoms with E-state index < -0.39 is 5.97 Å². The van der Waals surface area contributed by atoms with Gasteiger partial charge in [-0.15, -0.1) is 11.3 Å². The van der Waals surface area contributed by atoms with Crippen molar-refractivity contribution < 1.29 is 19.1 Å². The molecule has 0 N–H and O–H groups in total. The van der Waals surface area contributed by atoms with Crippen LogP contribution in [0.2, 0.25) is 0 Å². The van der Waals surface area contributed by atoms with Crippen molar-refractivity contribution in [2.75, 3.05) is 20.8 Å². The Morgan fingerprint density at radius 2 is 1.61 bits per heavy atom. The number of carbonyl (C=O) groups is 2. The summed E-state index contributed by atoms with van der Waals surface area (Å²) in [6.07, 6.45) is 0. The molecule has 0 saturated heterocycles. The summed E-state index contributed by atoms with van der Waals surface area (Å²) in [4.78, 5) is 32.8. The minimum atomic E-state index is -0.438. The molecule has 204 valence electrons. The van der Waals surface area contributed by atoms with E-state index in [1.807, 2.05) is 93.4 Å². The van der Waals surface area contributed by atoms with Crippen molar-refractivity contribution in [2.45, 2.75) is 6.54 Å². The lowest BCUT2D eigenvalue weighted by Gasteiger charge is -2.15. The summed E-state index contributed by atoms with van der Waals surface area (Å²) in [5.74, 6) is 0.00298. The van der Waals surface area contributed by atoms with Gasteiger partial charge in [0.05, 0.1) is 40.9 Å². The molecule has 3 aromatic heterocycles. The molecule has 0 fully saturated rings. The number of ether oxygens (including phenoxy) is 2. The van der Waals surface area contributed by atoms with Gasteiger partial charge in [0.2, 0.25) is 11.7 Å². The largest absolute Gasteiger partial charge is 0.465 e. The molecule has 0 aliphatic heterocycles. The molecule has 0 bridgehead atoms. The predicted octanol–water partition coefficient (Wildman–Crippen LogP) is 6.89. The predicted molar refractivity (Wildman–Crippen MR) is 161 cm³/mol. The van der Waals surface area contributed by atoms with Gasteiger partial charge in [0.25, 0.3) is 0 Å². The zero-order valence-corrected chi connectivity index (χ0v) is 23.4. The van der Waals surface area contributed by atoms with Crippen LogP contribution in [0, 0.1) is 0 Å². The molecule has 0 aliphatic carbocycles. The first-order chi connectivity index (χ1) is 20.1. The van der Waals surface area contributed by atoms with Gasteiger partial charge in [-0.1, -0.05) is 66.7 Å². The fourth-order valence-electron chi connectivity index (χ4n) is 5.05. The fourth-order valence-corrected chi connectivity index (χ4v) is 5.78. The quantitative estimate of drug-likeness (QED) is 0.142. The number of aromatic nitrogens is 3. The minimum absolute atomic E-state index is 0.118. The van der Waals surface area contributed by atoms with Gasteiger partial charge in [0.15, 0.2) is 0 Å². The standard InChI is InChI=1S/C33H27N3O4S/c1-39-18-17-35-27-16-15-24(32(38)40-2)20-26(27)34-33(35)36-28(29-14-9-19-41-29)21-25(22-10-5-3-6-11-22)30(36)31(37)23-12-7-4-8-13-23/h3-16,19-21H,17-18H2,1-2H3. The van der Waals surface area contributed by atoms with Crippen molar-refractivity contribution in [2.24, 2.45) is 0 Å². The molecule has 0 aliphatic rings. The molecule has 0 atom stereocenters. The molecule has 41 heavy (non-hydrogen) atoms. The summed E-state index contributed by atoms with van der Waals surface area (Å²) in [6.45, 7) is 0.919. The number of rotatable bonds is 9. The fraction of sp³-hybridized carbons (Fsp3) is 0.121. The Bertz CT molecular complexity index is 1840. The third kappa shape index (κ3) is 4.88. The van der Waals surface area contributed by atoms with E-state index in [2.05, 4.69) is 6.07 Å². The highest BCUT2D eigenvalue weighted by Crippen LogP contribution is 2.39. The molecule has 7 nitrogen and oxygen atoms in total. The van der Waals surface area contributed by atoms with Gasteiger partial charge in [0.1, 0.15) is 5.69 Å².